The minimum Gasteiger partial charge on any atom is -0.495 e. The number of ether oxygens (including phenoxy) is 1. The smallest absolute Gasteiger partial charge is 0.143 e. The molecule has 0 atom stereocenters. The highest BCUT2D eigenvalue weighted by Gasteiger charge is 2.05. The molecular weight excluding hydrogens is 258 g/mol. The third-order valence-electron chi connectivity index (χ3n) is 1.99. The fraction of sp³-hybridized carbons (Fsp3) is 0.200. The molecule has 15 heavy (non-hydrogen) atoms. The molecule has 4 nitrogen and oxygen atoms in total. The molecule has 0 aliphatic rings. The molecule has 2 aromatic heterocycles. The van der Waals surface area contributed by atoms with E-state index in [-0.39, 0.29) is 0 Å². The quantitative estimate of drug-likeness (QED) is 0.855. The van der Waals surface area contributed by atoms with E-state index in [0.29, 0.717) is 6.54 Å². The van der Waals surface area contributed by atoms with E-state index in [1.807, 2.05) is 18.3 Å². The van der Waals surface area contributed by atoms with Crippen LogP contribution in [0.4, 0.5) is 0 Å². The molecule has 0 unspecified atom stereocenters. The van der Waals surface area contributed by atoms with Gasteiger partial charge in [0.1, 0.15) is 11.4 Å². The van der Waals surface area contributed by atoms with E-state index in [4.69, 9.17) is 4.74 Å². The lowest BCUT2D eigenvalue weighted by atomic mass is 10.3. The maximum absolute atomic E-state index is 5.24. The summed E-state index contributed by atoms with van der Waals surface area (Å²) in [4.78, 5) is 4.29. The monoisotopic (exact) mass is 267 g/mol. The highest BCUT2D eigenvalue weighted by molar-refractivity contribution is 9.10. The van der Waals surface area contributed by atoms with Crippen LogP contribution in [0, 0.1) is 0 Å². The van der Waals surface area contributed by atoms with Crippen LogP contribution < -0.4 is 4.74 Å². The Balaban J connectivity index is 2.28. The first-order valence-corrected chi connectivity index (χ1v) is 5.25. The number of halogens is 1. The predicted octanol–water partition coefficient (Wildman–Crippen LogP) is 2.10. The lowest BCUT2D eigenvalue weighted by molar-refractivity contribution is 0.403. The normalized spacial score (nSPS) is 10.3. The molecule has 0 N–H and O–H groups in total. The molecule has 0 saturated heterocycles. The molecule has 0 spiro atoms. The van der Waals surface area contributed by atoms with Gasteiger partial charge < -0.3 is 4.74 Å². The summed E-state index contributed by atoms with van der Waals surface area (Å²) in [5, 5.41) is 4.12. The van der Waals surface area contributed by atoms with Crippen molar-refractivity contribution in [1.82, 2.24) is 14.8 Å². The second kappa shape index (κ2) is 4.44. The van der Waals surface area contributed by atoms with Crippen LogP contribution in [0.3, 0.4) is 0 Å². The zero-order valence-corrected chi connectivity index (χ0v) is 9.81. The lowest BCUT2D eigenvalue weighted by Crippen LogP contribution is -2.04. The molecule has 2 rings (SSSR count). The van der Waals surface area contributed by atoms with E-state index in [0.717, 1.165) is 15.9 Å². The summed E-state index contributed by atoms with van der Waals surface area (Å²) in [7, 11) is 1.63. The van der Waals surface area contributed by atoms with Crippen molar-refractivity contribution >= 4 is 15.9 Å². The van der Waals surface area contributed by atoms with Gasteiger partial charge in [-0.25, -0.2) is 0 Å². The van der Waals surface area contributed by atoms with Crippen LogP contribution in [0.2, 0.25) is 0 Å². The topological polar surface area (TPSA) is 39.9 Å². The largest absolute Gasteiger partial charge is 0.495 e. The van der Waals surface area contributed by atoms with Crippen LogP contribution in [0.15, 0.2) is 35.2 Å². The summed E-state index contributed by atoms with van der Waals surface area (Å²) >= 11 is 3.35. The molecule has 78 valence electrons. The summed E-state index contributed by atoms with van der Waals surface area (Å²) in [6.45, 7) is 0.615. The van der Waals surface area contributed by atoms with Gasteiger partial charge in [-0.2, -0.15) is 5.10 Å². The lowest BCUT2D eigenvalue weighted by Gasteiger charge is -2.07. The number of hydrogen-bond acceptors (Lipinski definition) is 3. The second-order valence-corrected chi connectivity index (χ2v) is 3.92. The summed E-state index contributed by atoms with van der Waals surface area (Å²) < 4.78 is 7.95. The van der Waals surface area contributed by atoms with Crippen molar-refractivity contribution in [1.29, 1.82) is 0 Å². The third-order valence-corrected chi connectivity index (χ3v) is 2.42. The molecule has 0 saturated carbocycles. The summed E-state index contributed by atoms with van der Waals surface area (Å²) in [6, 6.07) is 3.77. The first-order valence-electron chi connectivity index (χ1n) is 4.45. The molecular formula is C10H10BrN3O. The van der Waals surface area contributed by atoms with Crippen molar-refractivity contribution in [3.8, 4) is 5.75 Å². The molecule has 2 heterocycles. The Morgan fingerprint density at radius 1 is 1.53 bits per heavy atom. The van der Waals surface area contributed by atoms with E-state index in [1.165, 1.54) is 0 Å². The van der Waals surface area contributed by atoms with Crippen LogP contribution in [-0.4, -0.2) is 21.9 Å². The minimum absolute atomic E-state index is 0.615. The SMILES string of the molecule is COc1cc(Br)cnc1Cn1cccn1. The van der Waals surface area contributed by atoms with Gasteiger partial charge in [0.15, 0.2) is 0 Å². The van der Waals surface area contributed by atoms with Crippen molar-refractivity contribution in [2.45, 2.75) is 6.54 Å². The minimum atomic E-state index is 0.615. The fourth-order valence-electron chi connectivity index (χ4n) is 1.29. The fourth-order valence-corrected chi connectivity index (χ4v) is 1.60. The maximum atomic E-state index is 5.24. The van der Waals surface area contributed by atoms with Crippen LogP contribution in [-0.2, 0) is 6.54 Å². The molecule has 0 bridgehead atoms. The van der Waals surface area contributed by atoms with Crippen molar-refractivity contribution < 1.29 is 4.74 Å². The molecule has 0 aliphatic heterocycles. The Kier molecular flexibility index (Phi) is 3.01. The second-order valence-electron chi connectivity index (χ2n) is 3.01. The maximum Gasteiger partial charge on any atom is 0.143 e. The van der Waals surface area contributed by atoms with Gasteiger partial charge in [-0.3, -0.25) is 9.67 Å². The van der Waals surface area contributed by atoms with Crippen LogP contribution in [0.5, 0.6) is 5.75 Å². The Labute approximate surface area is 96.0 Å². The first-order chi connectivity index (χ1) is 7.29. The Morgan fingerprint density at radius 3 is 3.07 bits per heavy atom. The van der Waals surface area contributed by atoms with Gasteiger partial charge in [0.2, 0.25) is 0 Å². The van der Waals surface area contributed by atoms with Crippen molar-refractivity contribution in [3.63, 3.8) is 0 Å². The zero-order chi connectivity index (χ0) is 10.7. The van der Waals surface area contributed by atoms with Gasteiger partial charge in [0.25, 0.3) is 0 Å². The summed E-state index contributed by atoms with van der Waals surface area (Å²) in [5.41, 5.74) is 0.865. The van der Waals surface area contributed by atoms with E-state index in [2.05, 4.69) is 26.0 Å². The molecule has 0 fully saturated rings. The molecule has 0 amide bonds. The highest BCUT2D eigenvalue weighted by Crippen LogP contribution is 2.21. The van der Waals surface area contributed by atoms with Gasteiger partial charge in [-0.15, -0.1) is 0 Å². The van der Waals surface area contributed by atoms with Crippen molar-refractivity contribution in [2.75, 3.05) is 7.11 Å². The molecule has 0 radical (unpaired) electrons. The number of rotatable bonds is 3. The molecule has 0 aromatic carbocycles. The van der Waals surface area contributed by atoms with Crippen molar-refractivity contribution in [2.24, 2.45) is 0 Å². The number of aromatic nitrogens is 3. The van der Waals surface area contributed by atoms with Crippen LogP contribution in [0.25, 0.3) is 0 Å². The number of nitrogens with zero attached hydrogens (tertiary/aromatic N) is 3. The first kappa shape index (κ1) is 10.2. The Bertz CT molecular complexity index is 442. The Hall–Kier alpha value is -1.36. The third kappa shape index (κ3) is 2.36. The zero-order valence-electron chi connectivity index (χ0n) is 8.22. The van der Waals surface area contributed by atoms with Crippen molar-refractivity contribution in [3.05, 3.63) is 40.9 Å². The molecule has 0 aliphatic carbocycles. The Morgan fingerprint density at radius 2 is 2.40 bits per heavy atom. The summed E-state index contributed by atoms with van der Waals surface area (Å²) in [6.07, 6.45) is 5.38. The number of methoxy groups -OCH3 is 1. The summed E-state index contributed by atoms with van der Waals surface area (Å²) in [5.74, 6) is 0.764. The number of hydrogen-bond donors (Lipinski definition) is 0. The van der Waals surface area contributed by atoms with Gasteiger partial charge in [-0.1, -0.05) is 0 Å². The van der Waals surface area contributed by atoms with Crippen LogP contribution in [0.1, 0.15) is 5.69 Å². The molecule has 5 heteroatoms. The van der Waals surface area contributed by atoms with Gasteiger partial charge in [0, 0.05) is 23.1 Å². The van der Waals surface area contributed by atoms with E-state index < -0.39 is 0 Å². The van der Waals surface area contributed by atoms with Gasteiger partial charge in [0.05, 0.1) is 13.7 Å². The van der Waals surface area contributed by atoms with E-state index >= 15 is 0 Å². The highest BCUT2D eigenvalue weighted by atomic mass is 79.9. The van der Waals surface area contributed by atoms with Gasteiger partial charge >= 0.3 is 0 Å². The van der Waals surface area contributed by atoms with Gasteiger partial charge in [-0.05, 0) is 28.1 Å². The average Bonchev–Trinajstić information content (AvgIpc) is 2.73. The van der Waals surface area contributed by atoms with Crippen LogP contribution >= 0.6 is 15.9 Å². The van der Waals surface area contributed by atoms with E-state index in [9.17, 15) is 0 Å². The predicted molar refractivity (Wildman–Crippen MR) is 59.8 cm³/mol. The average molecular weight is 268 g/mol. The number of pyridine rings is 1. The van der Waals surface area contributed by atoms with E-state index in [1.54, 1.807) is 24.2 Å². The molecule has 2 aromatic rings. The standard InChI is InChI=1S/C10H10BrN3O/c1-15-10-5-8(11)6-12-9(10)7-14-4-2-3-13-14/h2-6H,7H2,1H3.